The van der Waals surface area contributed by atoms with Gasteiger partial charge in [-0.3, -0.25) is 0 Å². The van der Waals surface area contributed by atoms with Gasteiger partial charge in [-0.1, -0.05) is 24.3 Å². The van der Waals surface area contributed by atoms with Gasteiger partial charge in [0.2, 0.25) is 0 Å². The molecule has 0 saturated heterocycles. The second-order valence-corrected chi connectivity index (χ2v) is 6.41. The lowest BCUT2D eigenvalue weighted by Crippen LogP contribution is -2.35. The number of nitrogens with zero attached hydrogens (tertiary/aromatic N) is 3. The van der Waals surface area contributed by atoms with Crippen molar-refractivity contribution in [3.05, 3.63) is 60.3 Å². The Hall–Kier alpha value is -3.28. The van der Waals surface area contributed by atoms with E-state index in [0.717, 1.165) is 39.6 Å². The molecule has 0 amide bonds. The first-order chi connectivity index (χ1) is 12.8. The zero-order chi connectivity index (χ0) is 17.5. The van der Waals surface area contributed by atoms with E-state index in [2.05, 4.69) is 22.5 Å². The Labute approximate surface area is 150 Å². The normalized spacial score (nSPS) is 16.1. The van der Waals surface area contributed by atoms with E-state index in [1.54, 1.807) is 0 Å². The molecule has 26 heavy (non-hydrogen) atoms. The Morgan fingerprint density at radius 1 is 1.12 bits per heavy atom. The monoisotopic (exact) mass is 346 g/mol. The predicted molar refractivity (Wildman–Crippen MR) is 100 cm³/mol. The summed E-state index contributed by atoms with van der Waals surface area (Å²) in [6.07, 6.45) is -0.0756. The second kappa shape index (κ2) is 5.91. The molecule has 0 aliphatic carbocycles. The molecule has 2 aromatic heterocycles. The van der Waals surface area contributed by atoms with Gasteiger partial charge >= 0.3 is 0 Å². The van der Waals surface area contributed by atoms with Crippen LogP contribution in [-0.2, 0) is 0 Å². The first-order valence-corrected chi connectivity index (χ1v) is 8.65. The van der Waals surface area contributed by atoms with Crippen molar-refractivity contribution in [2.75, 3.05) is 18.5 Å². The van der Waals surface area contributed by atoms with E-state index in [-0.39, 0.29) is 6.10 Å². The van der Waals surface area contributed by atoms with E-state index in [1.807, 2.05) is 53.9 Å². The number of nitrogens with one attached hydrogen (secondary N) is 1. The molecule has 0 fully saturated rings. The van der Waals surface area contributed by atoms with Crippen molar-refractivity contribution in [2.24, 2.45) is 0 Å². The van der Waals surface area contributed by atoms with Crippen LogP contribution < -0.4 is 14.8 Å². The molecule has 4 aromatic rings. The van der Waals surface area contributed by atoms with E-state index in [1.165, 1.54) is 0 Å². The first-order valence-electron chi connectivity index (χ1n) is 8.65. The molecule has 3 heterocycles. The van der Waals surface area contributed by atoms with Crippen LogP contribution in [0.15, 0.2) is 54.6 Å². The second-order valence-electron chi connectivity index (χ2n) is 6.41. The molecule has 6 nitrogen and oxygen atoms in total. The quantitative estimate of drug-likeness (QED) is 0.616. The first kappa shape index (κ1) is 15.0. The lowest BCUT2D eigenvalue weighted by molar-refractivity contribution is 0.0997. The topological polar surface area (TPSA) is 60.7 Å². The van der Waals surface area contributed by atoms with Gasteiger partial charge in [-0.2, -0.15) is 5.10 Å². The third-order valence-corrected chi connectivity index (χ3v) is 4.49. The van der Waals surface area contributed by atoms with Gasteiger partial charge in [-0.05, 0) is 31.2 Å². The molecule has 0 spiro atoms. The van der Waals surface area contributed by atoms with Crippen LogP contribution in [0.1, 0.15) is 5.69 Å². The largest absolute Gasteiger partial charge is 0.486 e. The Balaban J connectivity index is 1.44. The summed E-state index contributed by atoms with van der Waals surface area (Å²) in [7, 11) is 0. The fourth-order valence-corrected chi connectivity index (χ4v) is 3.29. The van der Waals surface area contributed by atoms with Crippen molar-refractivity contribution < 1.29 is 9.47 Å². The van der Waals surface area contributed by atoms with Gasteiger partial charge in [-0.25, -0.2) is 9.50 Å². The summed E-state index contributed by atoms with van der Waals surface area (Å²) in [5.41, 5.74) is 2.80. The lowest BCUT2D eigenvalue weighted by atomic mass is 10.2. The molecule has 1 N–H and O–H groups in total. The van der Waals surface area contributed by atoms with Gasteiger partial charge in [0.25, 0.3) is 0 Å². The number of aryl methyl sites for hydroxylation is 1. The standard InChI is InChI=1S/C20H18N4O2/c1-13-10-19-22-20(15-6-2-3-7-16(15)24(19)23-13)21-11-14-12-25-17-8-4-5-9-18(17)26-14/h2-10,14H,11-12H2,1H3,(H,21,22)/t14-/m1/s1. The zero-order valence-electron chi connectivity index (χ0n) is 14.3. The Bertz CT molecular complexity index is 1110. The maximum Gasteiger partial charge on any atom is 0.161 e. The van der Waals surface area contributed by atoms with Crippen molar-refractivity contribution >= 4 is 22.4 Å². The summed E-state index contributed by atoms with van der Waals surface area (Å²) < 4.78 is 13.7. The Morgan fingerprint density at radius 2 is 1.92 bits per heavy atom. The highest BCUT2D eigenvalue weighted by molar-refractivity contribution is 5.91. The van der Waals surface area contributed by atoms with Gasteiger partial charge in [-0.15, -0.1) is 0 Å². The predicted octanol–water partition coefficient (Wildman–Crippen LogP) is 3.44. The molecular weight excluding hydrogens is 328 g/mol. The summed E-state index contributed by atoms with van der Waals surface area (Å²) in [5.74, 6) is 2.41. The highest BCUT2D eigenvalue weighted by Crippen LogP contribution is 2.31. The number of aromatic nitrogens is 3. The third-order valence-electron chi connectivity index (χ3n) is 4.49. The van der Waals surface area contributed by atoms with Crippen LogP contribution >= 0.6 is 0 Å². The van der Waals surface area contributed by atoms with Crippen LogP contribution in [0, 0.1) is 6.92 Å². The smallest absolute Gasteiger partial charge is 0.161 e. The minimum Gasteiger partial charge on any atom is -0.486 e. The minimum atomic E-state index is -0.0756. The lowest BCUT2D eigenvalue weighted by Gasteiger charge is -2.26. The molecule has 0 saturated carbocycles. The van der Waals surface area contributed by atoms with Gasteiger partial charge in [0.05, 0.1) is 17.8 Å². The van der Waals surface area contributed by atoms with E-state index < -0.39 is 0 Å². The van der Waals surface area contributed by atoms with Crippen molar-refractivity contribution in [1.82, 2.24) is 14.6 Å². The SMILES string of the molecule is Cc1cc2nc(NC[C@@H]3COc4ccccc4O3)c3ccccc3n2n1. The summed E-state index contributed by atoms with van der Waals surface area (Å²) >= 11 is 0. The number of anilines is 1. The van der Waals surface area contributed by atoms with Crippen molar-refractivity contribution in [2.45, 2.75) is 13.0 Å². The molecular formula is C20H18N4O2. The van der Waals surface area contributed by atoms with Crippen LogP contribution in [0.2, 0.25) is 0 Å². The number of fused-ring (bicyclic) bond motifs is 4. The fourth-order valence-electron chi connectivity index (χ4n) is 3.29. The van der Waals surface area contributed by atoms with Crippen LogP contribution in [0.3, 0.4) is 0 Å². The van der Waals surface area contributed by atoms with Crippen LogP contribution in [0.25, 0.3) is 16.6 Å². The van der Waals surface area contributed by atoms with Crippen LogP contribution in [0.5, 0.6) is 11.5 Å². The van der Waals surface area contributed by atoms with Crippen molar-refractivity contribution in [1.29, 1.82) is 0 Å². The maximum absolute atomic E-state index is 6.02. The highest BCUT2D eigenvalue weighted by Gasteiger charge is 2.21. The third kappa shape index (κ3) is 2.50. The average molecular weight is 346 g/mol. The molecule has 0 unspecified atom stereocenters. The van der Waals surface area contributed by atoms with Gasteiger partial charge in [0, 0.05) is 11.5 Å². The van der Waals surface area contributed by atoms with E-state index in [9.17, 15) is 0 Å². The molecule has 6 heteroatoms. The molecule has 0 radical (unpaired) electrons. The van der Waals surface area contributed by atoms with E-state index >= 15 is 0 Å². The molecule has 5 rings (SSSR count). The van der Waals surface area contributed by atoms with E-state index in [0.29, 0.717) is 13.2 Å². The van der Waals surface area contributed by atoms with Gasteiger partial charge in [0.15, 0.2) is 17.1 Å². The molecule has 0 bridgehead atoms. The van der Waals surface area contributed by atoms with E-state index in [4.69, 9.17) is 14.5 Å². The molecule has 1 atom stereocenters. The summed E-state index contributed by atoms with van der Waals surface area (Å²) in [5, 5.41) is 9.00. The van der Waals surface area contributed by atoms with Gasteiger partial charge < -0.3 is 14.8 Å². The van der Waals surface area contributed by atoms with Crippen molar-refractivity contribution in [3.63, 3.8) is 0 Å². The minimum absolute atomic E-state index is 0.0756. The number of rotatable bonds is 3. The van der Waals surface area contributed by atoms with Crippen molar-refractivity contribution in [3.8, 4) is 11.5 Å². The number of benzene rings is 2. The summed E-state index contributed by atoms with van der Waals surface area (Å²) in [4.78, 5) is 4.75. The average Bonchev–Trinajstić information content (AvgIpc) is 3.06. The Kier molecular flexibility index (Phi) is 3.41. The molecule has 130 valence electrons. The molecule has 1 aliphatic heterocycles. The molecule has 2 aromatic carbocycles. The van der Waals surface area contributed by atoms with Crippen LogP contribution in [-0.4, -0.2) is 33.9 Å². The Morgan fingerprint density at radius 3 is 2.85 bits per heavy atom. The summed E-state index contributed by atoms with van der Waals surface area (Å²) in [6.45, 7) is 3.09. The number of hydrogen-bond acceptors (Lipinski definition) is 5. The number of hydrogen-bond donors (Lipinski definition) is 1. The highest BCUT2D eigenvalue weighted by atomic mass is 16.6. The maximum atomic E-state index is 6.02. The number of para-hydroxylation sites is 3. The van der Waals surface area contributed by atoms with Gasteiger partial charge in [0.1, 0.15) is 18.5 Å². The summed E-state index contributed by atoms with van der Waals surface area (Å²) in [6, 6.07) is 17.8. The van der Waals surface area contributed by atoms with Crippen LogP contribution in [0.4, 0.5) is 5.82 Å². The fraction of sp³-hybridized carbons (Fsp3) is 0.200. The number of ether oxygens (including phenoxy) is 2. The molecule has 1 aliphatic rings. The zero-order valence-corrected chi connectivity index (χ0v) is 14.3.